The summed E-state index contributed by atoms with van der Waals surface area (Å²) >= 11 is -0.0860. The SMILES string of the molecule is Cc1ccc(OCCSC(F)(F)F)c(C(C)N)c1. The van der Waals surface area contributed by atoms with E-state index in [2.05, 4.69) is 0 Å². The van der Waals surface area contributed by atoms with E-state index in [0.29, 0.717) is 5.75 Å². The van der Waals surface area contributed by atoms with Crippen molar-refractivity contribution in [2.75, 3.05) is 12.4 Å². The molecule has 1 aromatic rings. The van der Waals surface area contributed by atoms with Gasteiger partial charge in [-0.05, 0) is 31.7 Å². The monoisotopic (exact) mass is 279 g/mol. The van der Waals surface area contributed by atoms with Gasteiger partial charge in [0.1, 0.15) is 5.75 Å². The van der Waals surface area contributed by atoms with E-state index in [9.17, 15) is 13.2 Å². The number of halogens is 3. The van der Waals surface area contributed by atoms with Gasteiger partial charge in [0.2, 0.25) is 0 Å². The Morgan fingerprint density at radius 2 is 2.06 bits per heavy atom. The molecular weight excluding hydrogens is 263 g/mol. The van der Waals surface area contributed by atoms with Crippen molar-refractivity contribution in [3.63, 3.8) is 0 Å². The normalized spacial score (nSPS) is 13.4. The molecular formula is C12H16F3NOS. The molecule has 2 nitrogen and oxygen atoms in total. The van der Waals surface area contributed by atoms with Crippen LogP contribution in [0.1, 0.15) is 24.1 Å². The highest BCUT2D eigenvalue weighted by molar-refractivity contribution is 8.00. The number of hydrogen-bond donors (Lipinski definition) is 1. The molecule has 0 saturated heterocycles. The Hall–Kier alpha value is -0.880. The molecule has 0 spiro atoms. The summed E-state index contributed by atoms with van der Waals surface area (Å²) in [6, 6.07) is 5.26. The van der Waals surface area contributed by atoms with Gasteiger partial charge >= 0.3 is 5.51 Å². The van der Waals surface area contributed by atoms with Gasteiger partial charge in [-0.25, -0.2) is 0 Å². The lowest BCUT2D eigenvalue weighted by atomic mass is 10.1. The minimum Gasteiger partial charge on any atom is -0.492 e. The molecule has 18 heavy (non-hydrogen) atoms. The van der Waals surface area contributed by atoms with Crippen LogP contribution < -0.4 is 10.5 Å². The summed E-state index contributed by atoms with van der Waals surface area (Å²) in [5.41, 5.74) is 3.44. The van der Waals surface area contributed by atoms with Crippen LogP contribution in [0.2, 0.25) is 0 Å². The number of alkyl halides is 3. The van der Waals surface area contributed by atoms with Gasteiger partial charge in [-0.3, -0.25) is 0 Å². The lowest BCUT2D eigenvalue weighted by molar-refractivity contribution is -0.0329. The predicted molar refractivity (Wildman–Crippen MR) is 67.8 cm³/mol. The molecule has 102 valence electrons. The van der Waals surface area contributed by atoms with E-state index in [1.54, 1.807) is 6.07 Å². The van der Waals surface area contributed by atoms with Gasteiger partial charge in [0.15, 0.2) is 0 Å². The maximum absolute atomic E-state index is 11.9. The summed E-state index contributed by atoms with van der Waals surface area (Å²) in [6.07, 6.45) is 0. The van der Waals surface area contributed by atoms with Crippen molar-refractivity contribution in [2.45, 2.75) is 25.4 Å². The lowest BCUT2D eigenvalue weighted by Gasteiger charge is -2.15. The smallest absolute Gasteiger partial charge is 0.441 e. The zero-order valence-corrected chi connectivity index (χ0v) is 11.1. The van der Waals surface area contributed by atoms with E-state index < -0.39 is 5.51 Å². The Kier molecular flexibility index (Phi) is 5.34. The first-order valence-electron chi connectivity index (χ1n) is 5.49. The van der Waals surface area contributed by atoms with Crippen molar-refractivity contribution in [3.05, 3.63) is 29.3 Å². The summed E-state index contributed by atoms with van der Waals surface area (Å²) in [7, 11) is 0. The molecule has 0 aliphatic carbocycles. The molecule has 0 aromatic heterocycles. The van der Waals surface area contributed by atoms with Crippen LogP contribution >= 0.6 is 11.8 Å². The van der Waals surface area contributed by atoms with Crippen LogP contribution in [-0.4, -0.2) is 17.9 Å². The molecule has 0 amide bonds. The van der Waals surface area contributed by atoms with Gasteiger partial charge in [0.05, 0.1) is 6.61 Å². The van der Waals surface area contributed by atoms with Crippen LogP contribution in [0.5, 0.6) is 5.75 Å². The maximum atomic E-state index is 11.9. The lowest BCUT2D eigenvalue weighted by Crippen LogP contribution is -2.11. The van der Waals surface area contributed by atoms with Crippen molar-refractivity contribution in [1.29, 1.82) is 0 Å². The molecule has 0 aliphatic rings. The van der Waals surface area contributed by atoms with Crippen molar-refractivity contribution in [3.8, 4) is 5.75 Å². The Bertz CT molecular complexity index is 393. The zero-order valence-electron chi connectivity index (χ0n) is 10.3. The van der Waals surface area contributed by atoms with Gasteiger partial charge in [-0.2, -0.15) is 13.2 Å². The fraction of sp³-hybridized carbons (Fsp3) is 0.500. The highest BCUT2D eigenvalue weighted by Gasteiger charge is 2.27. The Balaban J connectivity index is 2.57. The number of thioether (sulfide) groups is 1. The van der Waals surface area contributed by atoms with Gasteiger partial charge < -0.3 is 10.5 Å². The fourth-order valence-corrected chi connectivity index (χ4v) is 1.86. The summed E-state index contributed by atoms with van der Waals surface area (Å²) in [4.78, 5) is 0. The highest BCUT2D eigenvalue weighted by Crippen LogP contribution is 2.30. The Labute approximate surface area is 109 Å². The van der Waals surface area contributed by atoms with E-state index in [1.807, 2.05) is 26.0 Å². The largest absolute Gasteiger partial charge is 0.492 e. The molecule has 2 N–H and O–H groups in total. The van der Waals surface area contributed by atoms with Crippen molar-refractivity contribution >= 4 is 11.8 Å². The first kappa shape index (κ1) is 15.2. The van der Waals surface area contributed by atoms with E-state index >= 15 is 0 Å². The predicted octanol–water partition coefficient (Wildman–Crippen LogP) is 3.65. The average Bonchev–Trinajstić information content (AvgIpc) is 2.24. The molecule has 0 bridgehead atoms. The van der Waals surface area contributed by atoms with E-state index in [1.165, 1.54) is 0 Å². The molecule has 0 aliphatic heterocycles. The number of nitrogens with two attached hydrogens (primary N) is 1. The quantitative estimate of drug-likeness (QED) is 0.836. The van der Waals surface area contributed by atoms with Crippen LogP contribution in [0.3, 0.4) is 0 Å². The zero-order chi connectivity index (χ0) is 13.8. The summed E-state index contributed by atoms with van der Waals surface area (Å²) in [6.45, 7) is 3.74. The third kappa shape index (κ3) is 5.18. The van der Waals surface area contributed by atoms with E-state index in [0.717, 1.165) is 11.1 Å². The minimum atomic E-state index is -4.21. The molecule has 0 saturated carbocycles. The number of ether oxygens (including phenoxy) is 1. The fourth-order valence-electron chi connectivity index (χ4n) is 1.46. The first-order chi connectivity index (χ1) is 8.29. The second-order valence-corrected chi connectivity index (χ2v) is 5.13. The minimum absolute atomic E-state index is 0.00690. The van der Waals surface area contributed by atoms with Gasteiger partial charge in [-0.1, -0.05) is 17.7 Å². The second-order valence-electron chi connectivity index (χ2n) is 3.97. The molecule has 0 heterocycles. The third-order valence-corrected chi connectivity index (χ3v) is 2.96. The molecule has 6 heteroatoms. The number of benzene rings is 1. The molecule has 1 aromatic carbocycles. The molecule has 1 rings (SSSR count). The Morgan fingerprint density at radius 1 is 1.39 bits per heavy atom. The maximum Gasteiger partial charge on any atom is 0.441 e. The van der Waals surface area contributed by atoms with Crippen molar-refractivity contribution in [1.82, 2.24) is 0 Å². The third-order valence-electron chi connectivity index (χ3n) is 2.26. The summed E-state index contributed by atoms with van der Waals surface area (Å²) < 4.78 is 41.1. The van der Waals surface area contributed by atoms with Crippen LogP contribution in [-0.2, 0) is 0 Å². The number of rotatable bonds is 5. The van der Waals surface area contributed by atoms with Crippen LogP contribution in [0.15, 0.2) is 18.2 Å². The number of aryl methyl sites for hydroxylation is 1. The van der Waals surface area contributed by atoms with E-state index in [-0.39, 0.29) is 30.2 Å². The topological polar surface area (TPSA) is 35.2 Å². The van der Waals surface area contributed by atoms with Crippen molar-refractivity contribution in [2.24, 2.45) is 5.73 Å². The van der Waals surface area contributed by atoms with Crippen molar-refractivity contribution < 1.29 is 17.9 Å². The second kappa shape index (κ2) is 6.33. The van der Waals surface area contributed by atoms with Gasteiger partial charge in [-0.15, -0.1) is 0 Å². The first-order valence-corrected chi connectivity index (χ1v) is 6.48. The number of hydrogen-bond acceptors (Lipinski definition) is 3. The van der Waals surface area contributed by atoms with E-state index in [4.69, 9.17) is 10.5 Å². The van der Waals surface area contributed by atoms with Crippen LogP contribution in [0, 0.1) is 6.92 Å². The molecule has 1 unspecified atom stereocenters. The summed E-state index contributed by atoms with van der Waals surface area (Å²) in [5.74, 6) is 0.425. The Morgan fingerprint density at radius 3 is 2.61 bits per heavy atom. The molecule has 0 radical (unpaired) electrons. The van der Waals surface area contributed by atoms with Crippen LogP contribution in [0.25, 0.3) is 0 Å². The molecule has 0 fully saturated rings. The summed E-state index contributed by atoms with van der Waals surface area (Å²) in [5, 5.41) is 0. The van der Waals surface area contributed by atoms with Gasteiger partial charge in [0, 0.05) is 17.4 Å². The van der Waals surface area contributed by atoms with Crippen LogP contribution in [0.4, 0.5) is 13.2 Å². The standard InChI is InChI=1S/C12H16F3NOS/c1-8-3-4-11(10(7-8)9(2)16)17-5-6-18-12(13,14)15/h3-4,7,9H,5-6,16H2,1-2H3. The average molecular weight is 279 g/mol. The highest BCUT2D eigenvalue weighted by atomic mass is 32.2. The van der Waals surface area contributed by atoms with Gasteiger partial charge in [0.25, 0.3) is 0 Å². The molecule has 1 atom stereocenters.